The maximum Gasteiger partial charge on any atom is 0.0663 e. The van der Waals surface area contributed by atoms with Gasteiger partial charge in [-0.3, -0.25) is 5.32 Å². The molecule has 0 aliphatic heterocycles. The average molecular weight is 216 g/mol. The largest absolute Gasteiger partial charge is 0.329 e. The summed E-state index contributed by atoms with van der Waals surface area (Å²) in [4.78, 5) is 0. The Morgan fingerprint density at radius 1 is 1.38 bits per heavy atom. The number of benzene rings is 1. The molecule has 86 valence electrons. The molecule has 0 saturated heterocycles. The van der Waals surface area contributed by atoms with Crippen LogP contribution in [0, 0.1) is 26.2 Å². The van der Waals surface area contributed by atoms with E-state index >= 15 is 0 Å². The molecule has 0 bridgehead atoms. The molecule has 0 radical (unpaired) electrons. The Morgan fingerprint density at radius 2 is 1.94 bits per heavy atom. The van der Waals surface area contributed by atoms with Crippen molar-refractivity contribution in [2.75, 3.05) is 6.54 Å². The Balaban J connectivity index is 3.00. The predicted octanol–water partition coefficient (Wildman–Crippen LogP) is 1.91. The van der Waals surface area contributed by atoms with Crippen LogP contribution in [0.5, 0.6) is 0 Å². The maximum atomic E-state index is 5.81. The summed E-state index contributed by atoms with van der Waals surface area (Å²) in [5.74, 6) is 2.67. The van der Waals surface area contributed by atoms with Crippen LogP contribution in [-0.4, -0.2) is 12.6 Å². The van der Waals surface area contributed by atoms with Crippen molar-refractivity contribution < 1.29 is 0 Å². The zero-order valence-corrected chi connectivity index (χ0v) is 10.2. The van der Waals surface area contributed by atoms with Gasteiger partial charge in [0, 0.05) is 12.6 Å². The molecule has 3 N–H and O–H groups in total. The van der Waals surface area contributed by atoms with Gasteiger partial charge in [-0.1, -0.05) is 24.1 Å². The van der Waals surface area contributed by atoms with E-state index in [0.29, 0.717) is 6.54 Å². The SMILES string of the molecule is C#CC(C)NC(CN)c1c(C)cccc1C. The fourth-order valence-electron chi connectivity index (χ4n) is 2.00. The van der Waals surface area contributed by atoms with Crippen LogP contribution in [0.1, 0.15) is 29.7 Å². The van der Waals surface area contributed by atoms with E-state index in [-0.39, 0.29) is 12.1 Å². The van der Waals surface area contributed by atoms with Crippen LogP contribution in [0.2, 0.25) is 0 Å². The predicted molar refractivity (Wildman–Crippen MR) is 69.1 cm³/mol. The maximum absolute atomic E-state index is 5.81. The van der Waals surface area contributed by atoms with Crippen LogP contribution >= 0.6 is 0 Å². The summed E-state index contributed by atoms with van der Waals surface area (Å²) in [6.45, 7) is 6.73. The molecule has 2 nitrogen and oxygen atoms in total. The first-order valence-electron chi connectivity index (χ1n) is 5.58. The van der Waals surface area contributed by atoms with Gasteiger partial charge < -0.3 is 5.73 Å². The molecule has 0 heterocycles. The standard InChI is InChI=1S/C14H20N2/c1-5-12(4)16-13(9-15)14-10(2)7-6-8-11(14)3/h1,6-8,12-13,16H,9,15H2,2-4H3. The molecule has 2 atom stereocenters. The van der Waals surface area contributed by atoms with Gasteiger partial charge in [0.15, 0.2) is 0 Å². The molecule has 0 aliphatic carbocycles. The van der Waals surface area contributed by atoms with E-state index < -0.39 is 0 Å². The minimum atomic E-state index is 0.0348. The van der Waals surface area contributed by atoms with Crippen molar-refractivity contribution in [3.8, 4) is 12.3 Å². The Kier molecular flexibility index (Phi) is 4.54. The number of rotatable bonds is 4. The Morgan fingerprint density at radius 3 is 2.38 bits per heavy atom. The fraction of sp³-hybridized carbons (Fsp3) is 0.429. The van der Waals surface area contributed by atoms with Crippen LogP contribution < -0.4 is 11.1 Å². The zero-order valence-electron chi connectivity index (χ0n) is 10.2. The van der Waals surface area contributed by atoms with Crippen molar-refractivity contribution in [2.45, 2.75) is 32.9 Å². The molecule has 1 rings (SSSR count). The summed E-state index contributed by atoms with van der Waals surface area (Å²) >= 11 is 0. The highest BCUT2D eigenvalue weighted by Crippen LogP contribution is 2.21. The second kappa shape index (κ2) is 5.69. The van der Waals surface area contributed by atoms with Gasteiger partial charge in [0.05, 0.1) is 6.04 Å². The van der Waals surface area contributed by atoms with Gasteiger partial charge in [0.2, 0.25) is 0 Å². The van der Waals surface area contributed by atoms with Crippen LogP contribution in [0.4, 0.5) is 0 Å². The zero-order chi connectivity index (χ0) is 12.1. The summed E-state index contributed by atoms with van der Waals surface area (Å²) in [5, 5.41) is 3.35. The molecule has 1 aromatic rings. The summed E-state index contributed by atoms with van der Waals surface area (Å²) < 4.78 is 0. The third-order valence-electron chi connectivity index (χ3n) is 2.83. The number of terminal acetylenes is 1. The topological polar surface area (TPSA) is 38.0 Å². The molecule has 0 aromatic heterocycles. The van der Waals surface area contributed by atoms with Gasteiger partial charge in [-0.15, -0.1) is 6.42 Å². The molecule has 0 spiro atoms. The lowest BCUT2D eigenvalue weighted by molar-refractivity contribution is 0.514. The quantitative estimate of drug-likeness (QED) is 0.755. The molecule has 0 fully saturated rings. The minimum Gasteiger partial charge on any atom is -0.329 e. The van der Waals surface area contributed by atoms with Crippen molar-refractivity contribution >= 4 is 0 Å². The highest BCUT2D eigenvalue weighted by atomic mass is 15.0. The lowest BCUT2D eigenvalue weighted by Gasteiger charge is -2.23. The molecule has 0 saturated carbocycles. The first-order chi connectivity index (χ1) is 7.60. The molecule has 16 heavy (non-hydrogen) atoms. The highest BCUT2D eigenvalue weighted by Gasteiger charge is 2.15. The number of hydrogen-bond acceptors (Lipinski definition) is 2. The summed E-state index contributed by atoms with van der Waals surface area (Å²) in [6.07, 6.45) is 5.38. The van der Waals surface area contributed by atoms with Gasteiger partial charge in [-0.05, 0) is 37.5 Å². The van der Waals surface area contributed by atoms with Crippen LogP contribution in [0.3, 0.4) is 0 Å². The molecular weight excluding hydrogens is 196 g/mol. The Bertz CT molecular complexity index is 370. The fourth-order valence-corrected chi connectivity index (χ4v) is 2.00. The molecular formula is C14H20N2. The third-order valence-corrected chi connectivity index (χ3v) is 2.83. The van der Waals surface area contributed by atoms with Crippen molar-refractivity contribution in [3.63, 3.8) is 0 Å². The van der Waals surface area contributed by atoms with E-state index in [2.05, 4.69) is 43.3 Å². The first-order valence-corrected chi connectivity index (χ1v) is 5.58. The van der Waals surface area contributed by atoms with E-state index in [1.807, 2.05) is 6.92 Å². The van der Waals surface area contributed by atoms with E-state index in [0.717, 1.165) is 0 Å². The lowest BCUT2D eigenvalue weighted by atomic mass is 9.95. The normalized spacial score (nSPS) is 14.2. The summed E-state index contributed by atoms with van der Waals surface area (Å²) in [5.41, 5.74) is 9.60. The van der Waals surface area contributed by atoms with Crippen molar-refractivity contribution in [1.29, 1.82) is 0 Å². The number of nitrogens with one attached hydrogen (secondary N) is 1. The summed E-state index contributed by atoms with van der Waals surface area (Å²) in [6, 6.07) is 6.44. The lowest BCUT2D eigenvalue weighted by Crippen LogP contribution is -2.35. The van der Waals surface area contributed by atoms with Crippen LogP contribution in [-0.2, 0) is 0 Å². The van der Waals surface area contributed by atoms with Gasteiger partial charge >= 0.3 is 0 Å². The van der Waals surface area contributed by atoms with Crippen molar-refractivity contribution in [3.05, 3.63) is 34.9 Å². The smallest absolute Gasteiger partial charge is 0.0663 e. The molecule has 2 unspecified atom stereocenters. The molecule has 0 amide bonds. The molecule has 2 heteroatoms. The van der Waals surface area contributed by atoms with Gasteiger partial charge in [-0.2, -0.15) is 0 Å². The number of hydrogen-bond donors (Lipinski definition) is 2. The van der Waals surface area contributed by atoms with E-state index in [9.17, 15) is 0 Å². The molecule has 0 aliphatic rings. The average Bonchev–Trinajstić information content (AvgIpc) is 2.27. The number of nitrogens with two attached hydrogens (primary N) is 1. The number of aryl methyl sites for hydroxylation is 2. The third kappa shape index (κ3) is 2.85. The highest BCUT2D eigenvalue weighted by molar-refractivity contribution is 5.36. The Labute approximate surface area is 98.2 Å². The first kappa shape index (κ1) is 12.8. The minimum absolute atomic E-state index is 0.0348. The molecule has 1 aromatic carbocycles. The second-order valence-electron chi connectivity index (χ2n) is 4.15. The van der Waals surface area contributed by atoms with Crippen molar-refractivity contribution in [2.24, 2.45) is 5.73 Å². The summed E-state index contributed by atoms with van der Waals surface area (Å²) in [7, 11) is 0. The van der Waals surface area contributed by atoms with E-state index in [1.165, 1.54) is 16.7 Å². The van der Waals surface area contributed by atoms with Crippen molar-refractivity contribution in [1.82, 2.24) is 5.32 Å². The van der Waals surface area contributed by atoms with E-state index in [4.69, 9.17) is 12.2 Å². The van der Waals surface area contributed by atoms with Gasteiger partial charge in [-0.25, -0.2) is 0 Å². The second-order valence-corrected chi connectivity index (χ2v) is 4.15. The van der Waals surface area contributed by atoms with Crippen LogP contribution in [0.15, 0.2) is 18.2 Å². The Hall–Kier alpha value is -1.30. The van der Waals surface area contributed by atoms with Crippen LogP contribution in [0.25, 0.3) is 0 Å². The monoisotopic (exact) mass is 216 g/mol. The van der Waals surface area contributed by atoms with E-state index in [1.54, 1.807) is 0 Å². The van der Waals surface area contributed by atoms with Gasteiger partial charge in [0.25, 0.3) is 0 Å². The van der Waals surface area contributed by atoms with Gasteiger partial charge in [0.1, 0.15) is 0 Å².